The number of nitrogens with zero attached hydrogens (tertiary/aromatic N) is 2. The lowest BCUT2D eigenvalue weighted by molar-refractivity contribution is -0.141. The zero-order valence-corrected chi connectivity index (χ0v) is 14.6. The highest BCUT2D eigenvalue weighted by molar-refractivity contribution is 7.36. The molecule has 4 N–H and O–H groups in total. The number of alkyl halides is 1. The Hall–Kier alpha value is -1.85. The van der Waals surface area contributed by atoms with Crippen molar-refractivity contribution in [3.8, 4) is 0 Å². The van der Waals surface area contributed by atoms with E-state index in [2.05, 4.69) is 20.1 Å². The number of aromatic nitrogens is 2. The molecular weight excluding hydrogens is 360 g/mol. The predicted molar refractivity (Wildman–Crippen MR) is 87.1 cm³/mol. The maximum Gasteiger partial charge on any atom is 0.351 e. The third-order valence-electron chi connectivity index (χ3n) is 2.73. The topological polar surface area (TPSA) is 147 Å². The summed E-state index contributed by atoms with van der Waals surface area (Å²) in [7, 11) is -1.07. The molecule has 1 heterocycles. The molecule has 0 saturated carbocycles. The fraction of sp³-hybridized carbons (Fsp3) is 0.583. The molecule has 1 aromatic rings. The number of anilines is 1. The van der Waals surface area contributed by atoms with E-state index in [0.29, 0.717) is 5.82 Å². The number of carbonyl (C=O) groups is 1. The molecule has 0 saturated heterocycles. The summed E-state index contributed by atoms with van der Waals surface area (Å²) < 4.78 is 40.4. The van der Waals surface area contributed by atoms with Crippen molar-refractivity contribution in [1.82, 2.24) is 14.6 Å². The highest BCUT2D eigenvalue weighted by Gasteiger charge is 2.12. The fourth-order valence-corrected chi connectivity index (χ4v) is 2.22. The van der Waals surface area contributed by atoms with Crippen molar-refractivity contribution in [2.75, 3.05) is 45.5 Å². The van der Waals surface area contributed by atoms with Crippen LogP contribution in [0, 0.1) is 0 Å². The molecule has 1 unspecified atom stereocenters. The van der Waals surface area contributed by atoms with Crippen LogP contribution >= 0.6 is 8.18 Å². The van der Waals surface area contributed by atoms with Crippen LogP contribution in [0.1, 0.15) is 6.30 Å². The number of esters is 1. The minimum Gasteiger partial charge on any atom is -0.449 e. The lowest BCUT2D eigenvalue weighted by Gasteiger charge is -2.12. The number of hydrogen-bond donors (Lipinski definition) is 3. The molecule has 0 fully saturated rings. The van der Waals surface area contributed by atoms with Gasteiger partial charge >= 0.3 is 11.7 Å². The van der Waals surface area contributed by atoms with Crippen molar-refractivity contribution in [2.45, 2.75) is 6.30 Å². The molecule has 1 aromatic heterocycles. The number of nitrogens with one attached hydrogen (secondary N) is 2. The lowest BCUT2D eigenvalue weighted by atomic mass is 10.5. The van der Waals surface area contributed by atoms with Crippen LogP contribution in [0.15, 0.2) is 17.1 Å². The molecule has 0 amide bonds. The lowest BCUT2D eigenvalue weighted by Crippen LogP contribution is -2.27. The summed E-state index contributed by atoms with van der Waals surface area (Å²) in [6, 6.07) is 1.45. The van der Waals surface area contributed by atoms with Gasteiger partial charge in [0.15, 0.2) is 0 Å². The van der Waals surface area contributed by atoms with E-state index < -0.39 is 32.7 Å². The van der Waals surface area contributed by atoms with Crippen LogP contribution in [-0.2, 0) is 23.4 Å². The first kappa shape index (κ1) is 21.2. The first-order valence-corrected chi connectivity index (χ1v) is 8.54. The molecule has 0 bridgehead atoms. The van der Waals surface area contributed by atoms with Gasteiger partial charge in [0.05, 0.1) is 19.8 Å². The van der Waals surface area contributed by atoms with Crippen molar-refractivity contribution in [2.24, 2.45) is 5.73 Å². The second-order valence-corrected chi connectivity index (χ2v) is 5.65. The SMILES string of the molecule is CNc1ccn([C@@H](F)COCCO[PH](=O)NCC(=O)OCN)c(=O)n1. The Bertz CT molecular complexity index is 630. The normalized spacial score (nSPS) is 13.2. The molecule has 0 aliphatic carbocycles. The van der Waals surface area contributed by atoms with Crippen LogP contribution in [0.3, 0.4) is 0 Å². The Balaban J connectivity index is 2.21. The van der Waals surface area contributed by atoms with E-state index in [0.717, 1.165) is 4.57 Å². The van der Waals surface area contributed by atoms with Gasteiger partial charge in [0.2, 0.25) is 6.30 Å². The zero-order chi connectivity index (χ0) is 18.7. The van der Waals surface area contributed by atoms with E-state index in [1.165, 1.54) is 12.3 Å². The molecule has 11 nitrogen and oxygen atoms in total. The van der Waals surface area contributed by atoms with E-state index >= 15 is 0 Å². The van der Waals surface area contributed by atoms with Crippen molar-refractivity contribution in [1.29, 1.82) is 0 Å². The van der Waals surface area contributed by atoms with Crippen LogP contribution in [0.4, 0.5) is 10.2 Å². The van der Waals surface area contributed by atoms with Gasteiger partial charge in [-0.25, -0.2) is 14.3 Å². The van der Waals surface area contributed by atoms with Gasteiger partial charge in [0.1, 0.15) is 19.1 Å². The molecule has 1 rings (SSSR count). The van der Waals surface area contributed by atoms with Gasteiger partial charge in [-0.15, -0.1) is 0 Å². The van der Waals surface area contributed by atoms with Crippen molar-refractivity contribution in [3.63, 3.8) is 0 Å². The van der Waals surface area contributed by atoms with E-state index in [1.807, 2.05) is 0 Å². The smallest absolute Gasteiger partial charge is 0.351 e. The molecule has 0 aromatic carbocycles. The summed E-state index contributed by atoms with van der Waals surface area (Å²) in [5.74, 6) is -0.333. The maximum atomic E-state index is 13.9. The Morgan fingerprint density at radius 1 is 1.52 bits per heavy atom. The molecule has 0 radical (unpaired) electrons. The standard InChI is InChI=1S/C12H21FN5O6P/c1-15-10-2-3-18(12(20)17-10)9(13)7-22-4-5-24-25(21)16-6-11(19)23-8-14/h2-3,9,25H,4-8,14H2,1H3,(H,16,21)(H,15,17,20)/t9-/m1/s1. The molecule has 25 heavy (non-hydrogen) atoms. The molecule has 0 spiro atoms. The van der Waals surface area contributed by atoms with Crippen molar-refractivity contribution >= 4 is 20.0 Å². The van der Waals surface area contributed by atoms with Gasteiger partial charge in [-0.05, 0) is 6.07 Å². The number of nitrogens with two attached hydrogens (primary N) is 1. The van der Waals surface area contributed by atoms with Gasteiger partial charge in [-0.1, -0.05) is 0 Å². The molecular formula is C12H21FN5O6P. The summed E-state index contributed by atoms with van der Waals surface area (Å²) in [4.78, 5) is 26.2. The van der Waals surface area contributed by atoms with Crippen LogP contribution in [0.25, 0.3) is 0 Å². The van der Waals surface area contributed by atoms with Gasteiger partial charge in [0.25, 0.3) is 8.18 Å². The van der Waals surface area contributed by atoms with Gasteiger partial charge in [-0.2, -0.15) is 4.98 Å². The summed E-state index contributed by atoms with van der Waals surface area (Å²) in [5.41, 5.74) is 4.24. The van der Waals surface area contributed by atoms with Gasteiger partial charge in [-0.3, -0.25) is 19.7 Å². The highest BCUT2D eigenvalue weighted by Crippen LogP contribution is 2.15. The number of ether oxygens (including phenoxy) is 2. The minimum absolute atomic E-state index is 0.0530. The third-order valence-corrected chi connectivity index (χ3v) is 3.66. The van der Waals surface area contributed by atoms with Crippen molar-refractivity contribution < 1.29 is 27.7 Å². The number of carbonyl (C=O) groups excluding carboxylic acids is 1. The van der Waals surface area contributed by atoms with Crippen LogP contribution in [-0.4, -0.2) is 55.7 Å². The van der Waals surface area contributed by atoms with Crippen LogP contribution in [0.5, 0.6) is 0 Å². The van der Waals surface area contributed by atoms with Crippen molar-refractivity contribution in [3.05, 3.63) is 22.7 Å². The quantitative estimate of drug-likeness (QED) is 0.182. The fourth-order valence-electron chi connectivity index (χ4n) is 1.56. The largest absolute Gasteiger partial charge is 0.449 e. The summed E-state index contributed by atoms with van der Waals surface area (Å²) in [6.07, 6.45) is -0.457. The molecule has 0 aliphatic rings. The summed E-state index contributed by atoms with van der Waals surface area (Å²) in [5, 5.41) is 4.98. The number of halogens is 1. The predicted octanol–water partition coefficient (Wildman–Crippen LogP) is -0.775. The van der Waals surface area contributed by atoms with E-state index in [-0.39, 0.29) is 26.5 Å². The van der Waals surface area contributed by atoms with Gasteiger partial charge in [0, 0.05) is 13.2 Å². The third kappa shape index (κ3) is 8.18. The Kier molecular flexibility index (Phi) is 9.88. The first-order chi connectivity index (χ1) is 12.0. The number of rotatable bonds is 12. The van der Waals surface area contributed by atoms with Gasteiger partial charge < -0.3 is 19.3 Å². The first-order valence-electron chi connectivity index (χ1n) is 7.23. The monoisotopic (exact) mass is 381 g/mol. The molecule has 142 valence electrons. The average molecular weight is 381 g/mol. The van der Waals surface area contributed by atoms with Crippen LogP contribution < -0.4 is 21.8 Å². The van der Waals surface area contributed by atoms with Crippen LogP contribution in [0.2, 0.25) is 0 Å². The Labute approximate surface area is 143 Å². The van der Waals surface area contributed by atoms with E-state index in [1.54, 1.807) is 7.05 Å². The average Bonchev–Trinajstić information content (AvgIpc) is 2.59. The molecule has 13 heteroatoms. The highest BCUT2D eigenvalue weighted by atomic mass is 31.1. The number of hydrogen-bond acceptors (Lipinski definition) is 9. The second-order valence-electron chi connectivity index (χ2n) is 4.43. The summed E-state index contributed by atoms with van der Waals surface area (Å²) >= 11 is 0. The van der Waals surface area contributed by atoms with E-state index in [4.69, 9.17) is 15.0 Å². The Morgan fingerprint density at radius 2 is 2.28 bits per heavy atom. The maximum absolute atomic E-state index is 13.9. The zero-order valence-electron chi connectivity index (χ0n) is 13.6. The minimum atomic E-state index is -2.66. The molecule has 2 atom stereocenters. The second kappa shape index (κ2) is 11.7. The molecule has 0 aliphatic heterocycles. The van der Waals surface area contributed by atoms with E-state index in [9.17, 15) is 18.5 Å². The summed E-state index contributed by atoms with van der Waals surface area (Å²) in [6.45, 7) is -1.11. The Morgan fingerprint density at radius 3 is 2.92 bits per heavy atom.